The molecule has 0 fully saturated rings. The number of aromatic nitrogens is 7. The standard InChI is InChI=1S/C31H35N7O8.Na/c1-31(2,3)27-21(32-17-33-27)15-23-29(35-22(28(42)34-23)14-19-8-5-4-6-9-19)46-18-45-26(41)11-7-10-20-16-38(37-36-20)24(30(43)44)12-13-25(39)40;/h4-6,8-9,14-17,24H,7,10-13,18H2,1-3H3,(H,32,33)(H,34,42)(H,39,40)(H,43,44);/q;+1/b22-14-,23-15-;. The normalized spacial score (nSPS) is 12.7. The number of rotatable bonds is 14. The summed E-state index contributed by atoms with van der Waals surface area (Å²) in [5.74, 6) is -2.86. The van der Waals surface area contributed by atoms with Crippen LogP contribution in [-0.4, -0.2) is 69.8 Å². The molecule has 0 aliphatic rings. The van der Waals surface area contributed by atoms with Crippen LogP contribution in [-0.2, 0) is 31.0 Å². The Morgan fingerprint density at radius 2 is 1.83 bits per heavy atom. The van der Waals surface area contributed by atoms with Crippen molar-refractivity contribution < 1.29 is 63.6 Å². The summed E-state index contributed by atoms with van der Waals surface area (Å²) in [5.41, 5.74) is 1.92. The molecular weight excluding hydrogens is 621 g/mol. The van der Waals surface area contributed by atoms with Gasteiger partial charge in [-0.25, -0.2) is 19.4 Å². The minimum Gasteiger partial charge on any atom is -0.481 e. The summed E-state index contributed by atoms with van der Waals surface area (Å²) in [6, 6.07) is 8.02. The van der Waals surface area contributed by atoms with Crippen molar-refractivity contribution in [2.24, 2.45) is 0 Å². The van der Waals surface area contributed by atoms with E-state index in [2.05, 4.69) is 30.2 Å². The predicted octanol–water partition coefficient (Wildman–Crippen LogP) is -1.56. The van der Waals surface area contributed by atoms with Gasteiger partial charge in [-0.2, -0.15) is 0 Å². The number of nitrogens with zero attached hydrogens (tertiary/aromatic N) is 5. The van der Waals surface area contributed by atoms with Gasteiger partial charge in [0.25, 0.3) is 5.56 Å². The van der Waals surface area contributed by atoms with E-state index in [1.165, 1.54) is 6.20 Å². The van der Waals surface area contributed by atoms with Crippen molar-refractivity contribution in [1.82, 2.24) is 34.9 Å². The van der Waals surface area contributed by atoms with Crippen LogP contribution in [0, 0.1) is 0 Å². The zero-order valence-corrected chi connectivity index (χ0v) is 28.6. The number of carbonyl (C=O) groups is 3. The summed E-state index contributed by atoms with van der Waals surface area (Å²) >= 11 is 0. The molecule has 1 aromatic carbocycles. The van der Waals surface area contributed by atoms with Crippen LogP contribution in [0.2, 0.25) is 0 Å². The van der Waals surface area contributed by atoms with E-state index in [-0.39, 0.29) is 70.8 Å². The van der Waals surface area contributed by atoms with E-state index in [1.54, 1.807) is 18.5 Å². The molecule has 0 bridgehead atoms. The number of aromatic amines is 2. The Morgan fingerprint density at radius 1 is 1.09 bits per heavy atom. The maximum atomic E-state index is 13.0. The first kappa shape index (κ1) is 36.9. The summed E-state index contributed by atoms with van der Waals surface area (Å²) in [6.45, 7) is 5.58. The summed E-state index contributed by atoms with van der Waals surface area (Å²) in [4.78, 5) is 62.5. The van der Waals surface area contributed by atoms with E-state index in [4.69, 9.17) is 14.6 Å². The zero-order chi connectivity index (χ0) is 33.3. The fourth-order valence-electron chi connectivity index (χ4n) is 4.47. The van der Waals surface area contributed by atoms with E-state index in [9.17, 15) is 24.3 Å². The Morgan fingerprint density at radius 3 is 2.51 bits per heavy atom. The molecule has 0 amide bonds. The van der Waals surface area contributed by atoms with Gasteiger partial charge in [0.15, 0.2) is 6.04 Å². The number of carbonyl (C=O) groups excluding carboxylic acids is 1. The molecule has 15 nitrogen and oxygen atoms in total. The maximum Gasteiger partial charge on any atom is 1.00 e. The summed E-state index contributed by atoms with van der Waals surface area (Å²) in [7, 11) is 0. The van der Waals surface area contributed by atoms with Crippen LogP contribution in [0.1, 0.15) is 75.1 Å². The molecule has 242 valence electrons. The number of hydrogen-bond acceptors (Lipinski definition) is 10. The molecule has 4 aromatic rings. The van der Waals surface area contributed by atoms with E-state index in [0.29, 0.717) is 24.2 Å². The number of ether oxygens (including phenoxy) is 2. The fraction of sp³-hybridized carbons (Fsp3) is 0.355. The molecule has 1 atom stereocenters. The van der Waals surface area contributed by atoms with Gasteiger partial charge in [0.2, 0.25) is 12.7 Å². The summed E-state index contributed by atoms with van der Waals surface area (Å²) in [5, 5.41) is 26.3. The fourth-order valence-corrected chi connectivity index (χ4v) is 4.47. The molecule has 4 rings (SSSR count). The van der Waals surface area contributed by atoms with Crippen molar-refractivity contribution in [2.45, 2.75) is 64.3 Å². The average Bonchev–Trinajstić information content (AvgIpc) is 3.66. The number of carboxylic acids is 2. The zero-order valence-electron chi connectivity index (χ0n) is 26.6. The molecule has 0 aliphatic heterocycles. The second kappa shape index (κ2) is 16.8. The molecule has 3 aromatic heterocycles. The van der Waals surface area contributed by atoms with E-state index in [0.717, 1.165) is 15.9 Å². The maximum absolute atomic E-state index is 13.0. The van der Waals surface area contributed by atoms with Crippen LogP contribution in [0.5, 0.6) is 5.88 Å². The van der Waals surface area contributed by atoms with E-state index >= 15 is 0 Å². The molecule has 3 heterocycles. The van der Waals surface area contributed by atoms with Crippen LogP contribution in [0.15, 0.2) is 47.7 Å². The van der Waals surface area contributed by atoms with Crippen molar-refractivity contribution in [3.05, 3.63) is 86.6 Å². The van der Waals surface area contributed by atoms with Gasteiger partial charge in [-0.05, 0) is 37.0 Å². The number of hydrogen-bond donors (Lipinski definition) is 4. The Bertz CT molecular complexity index is 1860. The molecule has 0 saturated heterocycles. The molecule has 16 heteroatoms. The molecule has 47 heavy (non-hydrogen) atoms. The first-order chi connectivity index (χ1) is 21.9. The third kappa shape index (κ3) is 10.7. The van der Waals surface area contributed by atoms with Crippen LogP contribution in [0.4, 0.5) is 0 Å². The summed E-state index contributed by atoms with van der Waals surface area (Å²) in [6.07, 6.45) is 6.38. The number of esters is 1. The van der Waals surface area contributed by atoms with Crippen molar-refractivity contribution in [2.75, 3.05) is 6.79 Å². The van der Waals surface area contributed by atoms with Gasteiger partial charge in [0.05, 0.1) is 17.7 Å². The third-order valence-electron chi connectivity index (χ3n) is 6.76. The van der Waals surface area contributed by atoms with Gasteiger partial charge < -0.3 is 29.7 Å². The first-order valence-electron chi connectivity index (χ1n) is 14.5. The van der Waals surface area contributed by atoms with Crippen LogP contribution in [0.3, 0.4) is 0 Å². The van der Waals surface area contributed by atoms with Crippen molar-refractivity contribution in [3.8, 4) is 5.88 Å². The molecule has 0 saturated carbocycles. The van der Waals surface area contributed by atoms with Crippen molar-refractivity contribution in [1.29, 1.82) is 0 Å². The molecular formula is C31H35N7NaO8+. The number of aryl methyl sites for hydroxylation is 1. The second-order valence-electron chi connectivity index (χ2n) is 11.4. The monoisotopic (exact) mass is 656 g/mol. The van der Waals surface area contributed by atoms with Crippen molar-refractivity contribution in [3.63, 3.8) is 0 Å². The minimum atomic E-state index is -1.22. The van der Waals surface area contributed by atoms with E-state index in [1.807, 2.05) is 51.1 Å². The number of H-pyrrole nitrogens is 2. The topological polar surface area (TPSA) is 215 Å². The van der Waals surface area contributed by atoms with Crippen LogP contribution >= 0.6 is 0 Å². The number of imidazole rings is 1. The largest absolute Gasteiger partial charge is 1.00 e. The SMILES string of the molecule is CC(C)(C)c1[nH]cnc1/C=c1\[nH]c(=O)/c(=C/c2ccccc2)nc1OCOC(=O)CCCc1cn(C(CCC(=O)O)C(=O)O)nn1.[Na+]. The average molecular weight is 657 g/mol. The smallest absolute Gasteiger partial charge is 0.481 e. The van der Waals surface area contributed by atoms with E-state index < -0.39 is 36.3 Å². The van der Waals surface area contributed by atoms with Gasteiger partial charge in [-0.1, -0.05) is 56.3 Å². The van der Waals surface area contributed by atoms with Gasteiger partial charge >= 0.3 is 47.5 Å². The number of carboxylic acid groups (broad SMARTS) is 2. The van der Waals surface area contributed by atoms with Crippen LogP contribution in [0.25, 0.3) is 12.2 Å². The quantitative estimate of drug-likeness (QED) is 0.0689. The van der Waals surface area contributed by atoms with Crippen molar-refractivity contribution >= 4 is 30.1 Å². The molecule has 0 aliphatic carbocycles. The second-order valence-corrected chi connectivity index (χ2v) is 11.4. The Kier molecular flexibility index (Phi) is 13.2. The number of benzene rings is 1. The minimum absolute atomic E-state index is 0. The third-order valence-corrected chi connectivity index (χ3v) is 6.76. The Balaban J connectivity index is 0.00000600. The molecule has 1 unspecified atom stereocenters. The summed E-state index contributed by atoms with van der Waals surface area (Å²) < 4.78 is 12.1. The first-order valence-corrected chi connectivity index (χ1v) is 14.5. The van der Waals surface area contributed by atoms with Gasteiger partial charge in [-0.3, -0.25) is 14.4 Å². The predicted molar refractivity (Wildman–Crippen MR) is 163 cm³/mol. The molecule has 0 radical (unpaired) electrons. The van der Waals surface area contributed by atoms with Crippen LogP contribution < -0.4 is 50.6 Å². The molecule has 4 N–H and O–H groups in total. The molecule has 0 spiro atoms. The number of nitrogens with one attached hydrogen (secondary N) is 2. The number of aliphatic carboxylic acids is 2. The van der Waals surface area contributed by atoms with Gasteiger partial charge in [0, 0.05) is 30.1 Å². The Labute approximate surface area is 291 Å². The van der Waals surface area contributed by atoms with Gasteiger partial charge in [0.1, 0.15) is 10.7 Å². The Hall–Kier alpha value is -4.60. The van der Waals surface area contributed by atoms with Gasteiger partial charge in [-0.15, -0.1) is 5.10 Å².